The fraction of sp³-hybridized carbons (Fsp3) is 0.231. The Bertz CT molecular complexity index is 560. The van der Waals surface area contributed by atoms with Gasteiger partial charge in [-0.25, -0.2) is 0 Å². The summed E-state index contributed by atoms with van der Waals surface area (Å²) in [7, 11) is 0. The molecular weight excluding hydrogens is 317 g/mol. The van der Waals surface area contributed by atoms with Crippen LogP contribution in [0.3, 0.4) is 0 Å². The summed E-state index contributed by atoms with van der Waals surface area (Å²) in [5.74, 6) is 0.606. The molecule has 0 saturated heterocycles. The second-order valence-corrected chi connectivity index (χ2v) is 5.76. The van der Waals surface area contributed by atoms with Crippen molar-refractivity contribution in [2.24, 2.45) is 0 Å². The van der Waals surface area contributed by atoms with E-state index in [9.17, 15) is 5.11 Å². The maximum atomic E-state index is 10.1. The highest BCUT2D eigenvalue weighted by molar-refractivity contribution is 7.98. The molecule has 0 saturated carbocycles. The fourth-order valence-electron chi connectivity index (χ4n) is 1.61. The smallest absolute Gasteiger partial charge is 0.148 e. The standard InChI is InChI=1S/C13H13Cl2N3OS/c1-20-13-3-2-12(17-18-13)16-7-11(19)8-4-9(14)6-10(15)5-8/h2-6,11,19H,7H2,1H3,(H,16,17). The topological polar surface area (TPSA) is 58.0 Å². The third kappa shape index (κ3) is 4.24. The number of nitrogens with one attached hydrogen (secondary N) is 1. The molecule has 0 spiro atoms. The molecule has 0 radical (unpaired) electrons. The third-order valence-electron chi connectivity index (χ3n) is 2.60. The molecule has 4 nitrogen and oxygen atoms in total. The van der Waals surface area contributed by atoms with Crippen LogP contribution in [0.15, 0.2) is 35.4 Å². The zero-order valence-electron chi connectivity index (χ0n) is 10.7. The van der Waals surface area contributed by atoms with Crippen LogP contribution >= 0.6 is 35.0 Å². The molecular formula is C13H13Cl2N3OS. The minimum absolute atomic E-state index is 0.296. The second kappa shape index (κ2) is 7.13. The van der Waals surface area contributed by atoms with Crippen molar-refractivity contribution in [3.63, 3.8) is 0 Å². The quantitative estimate of drug-likeness (QED) is 0.820. The Hall–Kier alpha value is -1.01. The number of nitrogens with zero attached hydrogens (tertiary/aromatic N) is 2. The van der Waals surface area contributed by atoms with E-state index < -0.39 is 6.10 Å². The third-order valence-corrected chi connectivity index (χ3v) is 3.67. The summed E-state index contributed by atoms with van der Waals surface area (Å²) >= 11 is 13.3. The Morgan fingerprint density at radius 2 is 1.90 bits per heavy atom. The Morgan fingerprint density at radius 1 is 1.20 bits per heavy atom. The molecule has 2 aromatic rings. The van der Waals surface area contributed by atoms with Crippen LogP contribution in [-0.2, 0) is 0 Å². The van der Waals surface area contributed by atoms with E-state index in [0.717, 1.165) is 5.03 Å². The molecule has 1 aromatic carbocycles. The number of rotatable bonds is 5. The molecule has 1 atom stereocenters. The van der Waals surface area contributed by atoms with Crippen LogP contribution in [0, 0.1) is 0 Å². The Balaban J connectivity index is 1.98. The highest BCUT2D eigenvalue weighted by Gasteiger charge is 2.09. The summed E-state index contributed by atoms with van der Waals surface area (Å²) in [5, 5.41) is 23.0. The average molecular weight is 330 g/mol. The first-order chi connectivity index (χ1) is 9.58. The summed E-state index contributed by atoms with van der Waals surface area (Å²) < 4.78 is 0. The largest absolute Gasteiger partial charge is 0.387 e. The molecule has 0 bridgehead atoms. The number of aromatic nitrogens is 2. The summed E-state index contributed by atoms with van der Waals surface area (Å²) in [4.78, 5) is 0. The van der Waals surface area contributed by atoms with Gasteiger partial charge in [-0.15, -0.1) is 22.0 Å². The predicted molar refractivity (Wildman–Crippen MR) is 83.7 cm³/mol. The van der Waals surface area contributed by atoms with Crippen molar-refractivity contribution in [3.8, 4) is 0 Å². The van der Waals surface area contributed by atoms with Crippen molar-refractivity contribution in [2.75, 3.05) is 18.1 Å². The van der Waals surface area contributed by atoms with Crippen molar-refractivity contribution in [1.29, 1.82) is 0 Å². The van der Waals surface area contributed by atoms with Gasteiger partial charge in [0.05, 0.1) is 6.10 Å². The highest BCUT2D eigenvalue weighted by Crippen LogP contribution is 2.23. The zero-order chi connectivity index (χ0) is 14.5. The van der Waals surface area contributed by atoms with Gasteiger partial charge in [-0.05, 0) is 42.2 Å². The van der Waals surface area contributed by atoms with Crippen LogP contribution in [0.4, 0.5) is 5.82 Å². The summed E-state index contributed by atoms with van der Waals surface area (Å²) in [5.41, 5.74) is 0.656. The van der Waals surface area contributed by atoms with Gasteiger partial charge in [-0.1, -0.05) is 23.2 Å². The number of halogens is 2. The first kappa shape index (κ1) is 15.4. The first-order valence-electron chi connectivity index (χ1n) is 5.84. The van der Waals surface area contributed by atoms with Gasteiger partial charge in [0.15, 0.2) is 0 Å². The summed E-state index contributed by atoms with van der Waals surface area (Å²) in [6.07, 6.45) is 1.21. The molecule has 1 unspecified atom stereocenters. The van der Waals surface area contributed by atoms with E-state index in [1.165, 1.54) is 11.8 Å². The maximum Gasteiger partial charge on any atom is 0.148 e. The fourth-order valence-corrected chi connectivity index (χ4v) is 2.48. The van der Waals surface area contributed by atoms with Gasteiger partial charge in [0.25, 0.3) is 0 Å². The summed E-state index contributed by atoms with van der Waals surface area (Å²) in [6.45, 7) is 0.296. The van der Waals surface area contributed by atoms with Crippen molar-refractivity contribution in [2.45, 2.75) is 11.1 Å². The van der Waals surface area contributed by atoms with Gasteiger partial charge in [-0.3, -0.25) is 0 Å². The molecule has 2 rings (SSSR count). The lowest BCUT2D eigenvalue weighted by molar-refractivity contribution is 0.191. The van der Waals surface area contributed by atoms with Gasteiger partial charge in [0.2, 0.25) is 0 Å². The molecule has 0 amide bonds. The number of hydrogen-bond donors (Lipinski definition) is 2. The Morgan fingerprint density at radius 3 is 2.45 bits per heavy atom. The highest BCUT2D eigenvalue weighted by atomic mass is 35.5. The molecule has 0 fully saturated rings. The SMILES string of the molecule is CSc1ccc(NCC(O)c2cc(Cl)cc(Cl)c2)nn1. The Labute approximate surface area is 131 Å². The van der Waals surface area contributed by atoms with Gasteiger partial charge in [0.1, 0.15) is 10.8 Å². The van der Waals surface area contributed by atoms with Gasteiger partial charge >= 0.3 is 0 Å². The van der Waals surface area contributed by atoms with E-state index in [2.05, 4.69) is 15.5 Å². The van der Waals surface area contributed by atoms with Crippen molar-refractivity contribution in [3.05, 3.63) is 45.9 Å². The number of hydrogen-bond acceptors (Lipinski definition) is 5. The Kier molecular flexibility index (Phi) is 5.48. The molecule has 106 valence electrons. The molecule has 7 heteroatoms. The lowest BCUT2D eigenvalue weighted by atomic mass is 10.1. The second-order valence-electron chi connectivity index (χ2n) is 4.06. The molecule has 1 aromatic heterocycles. The number of anilines is 1. The summed E-state index contributed by atoms with van der Waals surface area (Å²) in [6, 6.07) is 8.67. The minimum Gasteiger partial charge on any atom is -0.387 e. The van der Waals surface area contributed by atoms with Crippen LogP contribution in [0.25, 0.3) is 0 Å². The van der Waals surface area contributed by atoms with E-state index in [4.69, 9.17) is 23.2 Å². The lowest BCUT2D eigenvalue weighted by Gasteiger charge is -2.13. The average Bonchev–Trinajstić information content (AvgIpc) is 2.44. The van der Waals surface area contributed by atoms with Gasteiger partial charge < -0.3 is 10.4 Å². The van der Waals surface area contributed by atoms with Crippen LogP contribution < -0.4 is 5.32 Å². The molecule has 0 aliphatic carbocycles. The van der Waals surface area contributed by atoms with Crippen molar-refractivity contribution in [1.82, 2.24) is 10.2 Å². The molecule has 2 N–H and O–H groups in total. The monoisotopic (exact) mass is 329 g/mol. The van der Waals surface area contributed by atoms with Crippen LogP contribution in [-0.4, -0.2) is 28.1 Å². The number of aliphatic hydroxyl groups is 1. The van der Waals surface area contributed by atoms with Crippen LogP contribution in [0.2, 0.25) is 10.0 Å². The van der Waals surface area contributed by atoms with E-state index in [1.54, 1.807) is 18.2 Å². The lowest BCUT2D eigenvalue weighted by Crippen LogP contribution is -2.13. The zero-order valence-corrected chi connectivity index (χ0v) is 13.0. The molecule has 1 heterocycles. The maximum absolute atomic E-state index is 10.1. The van der Waals surface area contributed by atoms with Crippen LogP contribution in [0.1, 0.15) is 11.7 Å². The molecule has 0 aliphatic heterocycles. The number of benzene rings is 1. The van der Waals surface area contributed by atoms with Gasteiger partial charge in [-0.2, -0.15) is 0 Å². The molecule has 20 heavy (non-hydrogen) atoms. The van der Waals surface area contributed by atoms with E-state index in [1.807, 2.05) is 18.4 Å². The van der Waals surface area contributed by atoms with Crippen LogP contribution in [0.5, 0.6) is 0 Å². The number of aliphatic hydroxyl groups excluding tert-OH is 1. The van der Waals surface area contributed by atoms with E-state index >= 15 is 0 Å². The molecule has 0 aliphatic rings. The van der Waals surface area contributed by atoms with E-state index in [-0.39, 0.29) is 0 Å². The number of thioether (sulfide) groups is 1. The predicted octanol–water partition coefficient (Wildman–Crippen LogP) is 3.65. The van der Waals surface area contributed by atoms with Gasteiger partial charge in [0, 0.05) is 16.6 Å². The van der Waals surface area contributed by atoms with E-state index in [0.29, 0.717) is 28.0 Å². The normalized spacial score (nSPS) is 12.2. The minimum atomic E-state index is -0.728. The first-order valence-corrected chi connectivity index (χ1v) is 7.82. The van der Waals surface area contributed by atoms with Crippen molar-refractivity contribution >= 4 is 40.8 Å². The van der Waals surface area contributed by atoms with Crippen molar-refractivity contribution < 1.29 is 5.11 Å².